The van der Waals surface area contributed by atoms with E-state index in [9.17, 15) is 4.79 Å². The maximum atomic E-state index is 12.0. The van der Waals surface area contributed by atoms with Gasteiger partial charge in [0.25, 0.3) is 5.91 Å². The van der Waals surface area contributed by atoms with E-state index in [1.54, 1.807) is 7.11 Å². The molecule has 7 heteroatoms. The van der Waals surface area contributed by atoms with Crippen molar-refractivity contribution in [1.29, 1.82) is 0 Å². The van der Waals surface area contributed by atoms with E-state index in [1.165, 1.54) is 0 Å². The summed E-state index contributed by atoms with van der Waals surface area (Å²) in [6, 6.07) is 15.5. The molecule has 0 bridgehead atoms. The number of nitrogens with zero attached hydrogens (tertiary/aromatic N) is 2. The summed E-state index contributed by atoms with van der Waals surface area (Å²) in [6.07, 6.45) is 0. The van der Waals surface area contributed by atoms with Crippen LogP contribution in [-0.4, -0.2) is 44.0 Å². The molecule has 0 spiro atoms. The van der Waals surface area contributed by atoms with Gasteiger partial charge in [0.1, 0.15) is 5.75 Å². The average Bonchev–Trinajstić information content (AvgIpc) is 2.71. The maximum Gasteiger partial charge on any atom is 0.251 e. The lowest BCUT2D eigenvalue weighted by atomic mass is 10.1. The van der Waals surface area contributed by atoms with Gasteiger partial charge in [-0.3, -0.25) is 4.79 Å². The Balaban J connectivity index is 0.00000420. The number of methoxy groups -OCH3 is 1. The lowest BCUT2D eigenvalue weighted by Crippen LogP contribution is -2.38. The van der Waals surface area contributed by atoms with Crippen LogP contribution in [0.15, 0.2) is 53.5 Å². The second kappa shape index (κ2) is 13.0. The van der Waals surface area contributed by atoms with Gasteiger partial charge in [0.2, 0.25) is 0 Å². The third-order valence-corrected chi connectivity index (χ3v) is 4.23. The van der Waals surface area contributed by atoms with E-state index in [4.69, 9.17) is 9.73 Å². The molecule has 0 radical (unpaired) electrons. The molecule has 29 heavy (non-hydrogen) atoms. The standard InChI is InChI=1S/C22H30N4O2.HI/c1-5-23-21(27)18-12-9-10-17(14-18)15-25-22(24-6-2)26(3)16-19-11-7-8-13-20(19)28-4;/h7-14H,5-6,15-16H2,1-4H3,(H,23,27)(H,24,25);1H. The Morgan fingerprint density at radius 1 is 1.07 bits per heavy atom. The summed E-state index contributed by atoms with van der Waals surface area (Å²) in [4.78, 5) is 18.8. The molecule has 1 amide bonds. The minimum absolute atomic E-state index is 0. The van der Waals surface area contributed by atoms with Gasteiger partial charge in [-0.25, -0.2) is 4.99 Å². The molecule has 0 aliphatic rings. The number of amides is 1. The molecule has 2 aromatic carbocycles. The molecule has 0 fully saturated rings. The van der Waals surface area contributed by atoms with Crippen molar-refractivity contribution in [3.63, 3.8) is 0 Å². The number of hydrogen-bond donors (Lipinski definition) is 2. The summed E-state index contributed by atoms with van der Waals surface area (Å²) >= 11 is 0. The van der Waals surface area contributed by atoms with Gasteiger partial charge < -0.3 is 20.3 Å². The predicted molar refractivity (Wildman–Crippen MR) is 129 cm³/mol. The Morgan fingerprint density at radius 3 is 2.48 bits per heavy atom. The van der Waals surface area contributed by atoms with Crippen molar-refractivity contribution in [3.8, 4) is 5.75 Å². The van der Waals surface area contributed by atoms with Crippen LogP contribution in [0.1, 0.15) is 35.3 Å². The number of nitrogens with one attached hydrogen (secondary N) is 2. The van der Waals surface area contributed by atoms with E-state index in [0.717, 1.165) is 29.4 Å². The monoisotopic (exact) mass is 510 g/mol. The third kappa shape index (κ3) is 7.56. The molecule has 2 rings (SSSR count). The summed E-state index contributed by atoms with van der Waals surface area (Å²) < 4.78 is 5.45. The Kier molecular flexibility index (Phi) is 11.1. The molecule has 0 heterocycles. The lowest BCUT2D eigenvalue weighted by molar-refractivity contribution is 0.0955. The quantitative estimate of drug-likeness (QED) is 0.323. The highest BCUT2D eigenvalue weighted by Gasteiger charge is 2.10. The highest BCUT2D eigenvalue weighted by Crippen LogP contribution is 2.18. The van der Waals surface area contributed by atoms with Crippen molar-refractivity contribution in [2.75, 3.05) is 27.2 Å². The van der Waals surface area contributed by atoms with Crippen molar-refractivity contribution in [1.82, 2.24) is 15.5 Å². The van der Waals surface area contributed by atoms with Crippen LogP contribution < -0.4 is 15.4 Å². The molecule has 2 aromatic rings. The lowest BCUT2D eigenvalue weighted by Gasteiger charge is -2.23. The highest BCUT2D eigenvalue weighted by atomic mass is 127. The van der Waals surface area contributed by atoms with E-state index < -0.39 is 0 Å². The molecule has 0 saturated carbocycles. The van der Waals surface area contributed by atoms with Crippen LogP contribution in [0, 0.1) is 0 Å². The van der Waals surface area contributed by atoms with Crippen LogP contribution in [0.2, 0.25) is 0 Å². The van der Waals surface area contributed by atoms with Gasteiger partial charge in [-0.15, -0.1) is 24.0 Å². The molecule has 0 unspecified atom stereocenters. The molecule has 0 atom stereocenters. The van der Waals surface area contributed by atoms with Crippen LogP contribution >= 0.6 is 24.0 Å². The normalized spacial score (nSPS) is 10.7. The predicted octanol–water partition coefficient (Wildman–Crippen LogP) is 3.66. The summed E-state index contributed by atoms with van der Waals surface area (Å²) in [5.74, 6) is 1.60. The van der Waals surface area contributed by atoms with E-state index in [0.29, 0.717) is 25.2 Å². The largest absolute Gasteiger partial charge is 0.496 e. The van der Waals surface area contributed by atoms with Crippen LogP contribution in [-0.2, 0) is 13.1 Å². The molecule has 0 aromatic heterocycles. The van der Waals surface area contributed by atoms with E-state index in [1.807, 2.05) is 63.4 Å². The van der Waals surface area contributed by atoms with Crippen LogP contribution in [0.25, 0.3) is 0 Å². The number of guanidine groups is 1. The first-order valence-electron chi connectivity index (χ1n) is 9.57. The Hall–Kier alpha value is -2.29. The van der Waals surface area contributed by atoms with Crippen molar-refractivity contribution in [2.24, 2.45) is 4.99 Å². The van der Waals surface area contributed by atoms with Crippen molar-refractivity contribution < 1.29 is 9.53 Å². The average molecular weight is 510 g/mol. The van der Waals surface area contributed by atoms with Gasteiger partial charge in [-0.05, 0) is 37.6 Å². The summed E-state index contributed by atoms with van der Waals surface area (Å²) in [6.45, 7) is 6.50. The third-order valence-electron chi connectivity index (χ3n) is 4.23. The summed E-state index contributed by atoms with van der Waals surface area (Å²) in [5.41, 5.74) is 2.74. The molecule has 6 nitrogen and oxygen atoms in total. The molecule has 158 valence electrons. The number of para-hydroxylation sites is 1. The number of carbonyl (C=O) groups excluding carboxylic acids is 1. The highest BCUT2D eigenvalue weighted by molar-refractivity contribution is 14.0. The van der Waals surface area contributed by atoms with Gasteiger partial charge in [0.15, 0.2) is 5.96 Å². The van der Waals surface area contributed by atoms with Crippen molar-refractivity contribution in [3.05, 3.63) is 65.2 Å². The SMILES string of the molecule is CCNC(=O)c1cccc(CN=C(NCC)N(C)Cc2ccccc2OC)c1.I. The molecular formula is C22H31IN4O2. The van der Waals surface area contributed by atoms with Crippen LogP contribution in [0.3, 0.4) is 0 Å². The first-order chi connectivity index (χ1) is 13.6. The first kappa shape index (κ1) is 24.7. The Bertz CT molecular complexity index is 811. The van der Waals surface area contributed by atoms with E-state index >= 15 is 0 Å². The number of hydrogen-bond acceptors (Lipinski definition) is 3. The molecule has 0 saturated heterocycles. The molecule has 0 aliphatic carbocycles. The number of rotatable bonds is 8. The molecule has 0 aliphatic heterocycles. The zero-order chi connectivity index (χ0) is 20.4. The smallest absolute Gasteiger partial charge is 0.251 e. The molecule has 2 N–H and O–H groups in total. The number of halogens is 1. The topological polar surface area (TPSA) is 66.0 Å². The van der Waals surface area contributed by atoms with Crippen molar-refractivity contribution in [2.45, 2.75) is 26.9 Å². The first-order valence-corrected chi connectivity index (χ1v) is 9.57. The van der Waals surface area contributed by atoms with E-state index in [2.05, 4.69) is 21.6 Å². The van der Waals surface area contributed by atoms with Gasteiger partial charge >= 0.3 is 0 Å². The van der Waals surface area contributed by atoms with Crippen molar-refractivity contribution >= 4 is 35.8 Å². The van der Waals surface area contributed by atoms with Gasteiger partial charge in [-0.1, -0.05) is 30.3 Å². The van der Waals surface area contributed by atoms with Crippen LogP contribution in [0.4, 0.5) is 0 Å². The number of aliphatic imine (C=N–C) groups is 1. The maximum absolute atomic E-state index is 12.0. The van der Waals surface area contributed by atoms with Gasteiger partial charge in [-0.2, -0.15) is 0 Å². The fourth-order valence-electron chi connectivity index (χ4n) is 2.87. The summed E-state index contributed by atoms with van der Waals surface area (Å²) in [7, 11) is 3.68. The van der Waals surface area contributed by atoms with Gasteiger partial charge in [0, 0.05) is 37.8 Å². The Labute approximate surface area is 190 Å². The fraction of sp³-hybridized carbons (Fsp3) is 0.364. The number of carbonyl (C=O) groups is 1. The number of benzene rings is 2. The Morgan fingerprint density at radius 2 is 1.79 bits per heavy atom. The minimum atomic E-state index is -0.0615. The zero-order valence-electron chi connectivity index (χ0n) is 17.6. The minimum Gasteiger partial charge on any atom is -0.496 e. The zero-order valence-corrected chi connectivity index (χ0v) is 19.9. The molecular weight excluding hydrogens is 479 g/mol. The van der Waals surface area contributed by atoms with Crippen LogP contribution in [0.5, 0.6) is 5.75 Å². The fourth-order valence-corrected chi connectivity index (χ4v) is 2.87. The summed E-state index contributed by atoms with van der Waals surface area (Å²) in [5, 5.41) is 6.15. The second-order valence-electron chi connectivity index (χ2n) is 6.40. The second-order valence-corrected chi connectivity index (χ2v) is 6.40. The van der Waals surface area contributed by atoms with E-state index in [-0.39, 0.29) is 29.9 Å². The number of ether oxygens (including phenoxy) is 1. The van der Waals surface area contributed by atoms with Gasteiger partial charge in [0.05, 0.1) is 13.7 Å².